The Morgan fingerprint density at radius 1 is 1.47 bits per heavy atom. The van der Waals surface area contributed by atoms with Gasteiger partial charge in [-0.15, -0.1) is 0 Å². The lowest BCUT2D eigenvalue weighted by atomic mass is 10.2. The van der Waals surface area contributed by atoms with E-state index >= 15 is 0 Å². The van der Waals surface area contributed by atoms with Crippen LogP contribution in [0, 0.1) is 0 Å². The maximum absolute atomic E-state index is 4.32. The van der Waals surface area contributed by atoms with E-state index in [-0.39, 0.29) is 0 Å². The van der Waals surface area contributed by atoms with Crippen LogP contribution in [-0.4, -0.2) is 22.1 Å². The number of hydrogen-bond donors (Lipinski definition) is 1. The first-order valence-electron chi connectivity index (χ1n) is 6.01. The predicted octanol–water partition coefficient (Wildman–Crippen LogP) is 2.22. The van der Waals surface area contributed by atoms with Gasteiger partial charge in [-0.2, -0.15) is 0 Å². The van der Waals surface area contributed by atoms with Crippen LogP contribution in [0.1, 0.15) is 39.4 Å². The summed E-state index contributed by atoms with van der Waals surface area (Å²) < 4.78 is 2.25. The molecular weight excluding hydrogens is 186 g/mol. The summed E-state index contributed by atoms with van der Waals surface area (Å²) in [5, 5.41) is 3.50. The van der Waals surface area contributed by atoms with Crippen molar-refractivity contribution in [3.05, 3.63) is 18.2 Å². The molecule has 0 aliphatic rings. The van der Waals surface area contributed by atoms with Crippen molar-refractivity contribution < 1.29 is 0 Å². The van der Waals surface area contributed by atoms with E-state index < -0.39 is 0 Å². The Morgan fingerprint density at radius 3 is 2.93 bits per heavy atom. The summed E-state index contributed by atoms with van der Waals surface area (Å²) in [7, 11) is 0. The average Bonchev–Trinajstić information content (AvgIpc) is 2.70. The third-order valence-corrected chi connectivity index (χ3v) is 2.66. The van der Waals surface area contributed by atoms with Crippen LogP contribution >= 0.6 is 0 Å². The Labute approximate surface area is 92.9 Å². The van der Waals surface area contributed by atoms with E-state index in [2.05, 4.69) is 41.8 Å². The molecule has 1 heterocycles. The minimum Gasteiger partial charge on any atom is -0.335 e. The highest BCUT2D eigenvalue weighted by Crippen LogP contribution is 2.02. The molecule has 0 spiro atoms. The number of nitrogens with one attached hydrogen (secondary N) is 1. The van der Waals surface area contributed by atoms with Gasteiger partial charge in [0.2, 0.25) is 0 Å². The number of imidazole rings is 1. The molecular formula is C12H23N3. The van der Waals surface area contributed by atoms with Crippen LogP contribution in [0.15, 0.2) is 12.4 Å². The van der Waals surface area contributed by atoms with Crippen LogP contribution in [0.4, 0.5) is 0 Å². The number of nitrogens with zero attached hydrogens (tertiary/aromatic N) is 2. The lowest BCUT2D eigenvalue weighted by Crippen LogP contribution is -2.27. The Morgan fingerprint density at radius 2 is 2.27 bits per heavy atom. The van der Waals surface area contributed by atoms with Crippen LogP contribution in [-0.2, 0) is 13.0 Å². The van der Waals surface area contributed by atoms with E-state index in [0.717, 1.165) is 19.5 Å². The zero-order valence-corrected chi connectivity index (χ0v) is 10.2. The largest absolute Gasteiger partial charge is 0.335 e. The highest BCUT2D eigenvalue weighted by atomic mass is 15.1. The molecule has 1 atom stereocenters. The molecule has 0 fully saturated rings. The van der Waals surface area contributed by atoms with Gasteiger partial charge in [-0.1, -0.05) is 13.8 Å². The van der Waals surface area contributed by atoms with Crippen molar-refractivity contribution in [2.24, 2.45) is 0 Å². The number of aromatic nitrogens is 2. The molecule has 1 rings (SSSR count). The van der Waals surface area contributed by atoms with Crippen molar-refractivity contribution in [2.75, 3.05) is 6.54 Å². The molecule has 0 aliphatic carbocycles. The Balaban J connectivity index is 2.30. The fourth-order valence-electron chi connectivity index (χ4n) is 1.68. The van der Waals surface area contributed by atoms with Crippen molar-refractivity contribution in [2.45, 2.75) is 52.6 Å². The molecule has 0 aliphatic heterocycles. The first-order valence-corrected chi connectivity index (χ1v) is 6.01. The van der Waals surface area contributed by atoms with Gasteiger partial charge in [-0.3, -0.25) is 0 Å². The quantitative estimate of drug-likeness (QED) is 0.746. The molecule has 0 aromatic carbocycles. The first-order chi connectivity index (χ1) is 7.27. The summed E-state index contributed by atoms with van der Waals surface area (Å²) in [6, 6.07) is 0.594. The minimum atomic E-state index is 0.594. The molecule has 0 saturated carbocycles. The molecule has 1 N–H and O–H groups in total. The first kappa shape index (κ1) is 12.2. The van der Waals surface area contributed by atoms with Crippen LogP contribution in [0.25, 0.3) is 0 Å². The molecule has 1 aromatic heterocycles. The van der Waals surface area contributed by atoms with Crippen molar-refractivity contribution in [1.29, 1.82) is 0 Å². The lowest BCUT2D eigenvalue weighted by molar-refractivity contribution is 0.471. The summed E-state index contributed by atoms with van der Waals surface area (Å²) in [6.45, 7) is 8.79. The third-order valence-electron chi connectivity index (χ3n) is 2.66. The number of rotatable bonds is 7. The summed E-state index contributed by atoms with van der Waals surface area (Å²) >= 11 is 0. The number of hydrogen-bond acceptors (Lipinski definition) is 2. The highest BCUT2D eigenvalue weighted by molar-refractivity contribution is 4.91. The monoisotopic (exact) mass is 209 g/mol. The molecule has 0 amide bonds. The van der Waals surface area contributed by atoms with Crippen LogP contribution < -0.4 is 5.32 Å². The van der Waals surface area contributed by atoms with Gasteiger partial charge in [0.05, 0.1) is 0 Å². The zero-order chi connectivity index (χ0) is 11.1. The molecule has 1 unspecified atom stereocenters. The maximum Gasteiger partial charge on any atom is 0.108 e. The average molecular weight is 209 g/mol. The third kappa shape index (κ3) is 4.04. The van der Waals surface area contributed by atoms with Crippen LogP contribution in [0.3, 0.4) is 0 Å². The van der Waals surface area contributed by atoms with Gasteiger partial charge in [0.25, 0.3) is 0 Å². The smallest absolute Gasteiger partial charge is 0.108 e. The van der Waals surface area contributed by atoms with Crippen molar-refractivity contribution in [3.63, 3.8) is 0 Å². The second-order valence-electron chi connectivity index (χ2n) is 4.03. The van der Waals surface area contributed by atoms with Crippen molar-refractivity contribution >= 4 is 0 Å². The van der Waals surface area contributed by atoms with E-state index in [1.54, 1.807) is 0 Å². The Hall–Kier alpha value is -0.830. The Bertz CT molecular complexity index is 268. The lowest BCUT2D eigenvalue weighted by Gasteiger charge is -2.14. The molecule has 3 heteroatoms. The van der Waals surface area contributed by atoms with Gasteiger partial charge < -0.3 is 9.88 Å². The number of aryl methyl sites for hydroxylation is 2. The highest BCUT2D eigenvalue weighted by Gasteiger charge is 2.03. The summed E-state index contributed by atoms with van der Waals surface area (Å²) in [5.74, 6) is 1.19. The van der Waals surface area contributed by atoms with Crippen LogP contribution in [0.5, 0.6) is 0 Å². The second-order valence-corrected chi connectivity index (χ2v) is 4.03. The summed E-state index contributed by atoms with van der Waals surface area (Å²) in [5.41, 5.74) is 0. The van der Waals surface area contributed by atoms with Gasteiger partial charge in [0.15, 0.2) is 0 Å². The van der Waals surface area contributed by atoms with Gasteiger partial charge in [-0.05, 0) is 26.3 Å². The molecule has 3 nitrogen and oxygen atoms in total. The fraction of sp³-hybridized carbons (Fsp3) is 0.750. The normalized spacial score (nSPS) is 13.0. The predicted molar refractivity (Wildman–Crippen MR) is 64.0 cm³/mol. The second kappa shape index (κ2) is 6.62. The topological polar surface area (TPSA) is 29.9 Å². The van der Waals surface area contributed by atoms with Gasteiger partial charge in [0.1, 0.15) is 5.82 Å². The summed E-state index contributed by atoms with van der Waals surface area (Å²) in [4.78, 5) is 4.32. The minimum absolute atomic E-state index is 0.594. The van der Waals surface area contributed by atoms with E-state index in [4.69, 9.17) is 0 Å². The van der Waals surface area contributed by atoms with E-state index in [9.17, 15) is 0 Å². The molecule has 0 bridgehead atoms. The van der Waals surface area contributed by atoms with E-state index in [1.165, 1.54) is 18.7 Å². The zero-order valence-electron chi connectivity index (χ0n) is 10.2. The standard InChI is InChI=1S/C12H23N3/c1-4-7-13-11(3)6-9-15-10-8-14-12(15)5-2/h8,10-11,13H,4-7,9H2,1-3H3. The Kier molecular flexibility index (Phi) is 5.40. The van der Waals surface area contributed by atoms with Gasteiger partial charge in [-0.25, -0.2) is 4.98 Å². The van der Waals surface area contributed by atoms with E-state index in [0.29, 0.717) is 6.04 Å². The molecule has 0 saturated heterocycles. The fourth-order valence-corrected chi connectivity index (χ4v) is 1.68. The molecule has 15 heavy (non-hydrogen) atoms. The van der Waals surface area contributed by atoms with Gasteiger partial charge in [0, 0.05) is 31.4 Å². The SMILES string of the molecule is CCCNC(C)CCn1ccnc1CC. The van der Waals surface area contributed by atoms with Crippen LogP contribution in [0.2, 0.25) is 0 Å². The molecule has 86 valence electrons. The van der Waals surface area contributed by atoms with Gasteiger partial charge >= 0.3 is 0 Å². The summed E-state index contributed by atoms with van der Waals surface area (Å²) in [6.07, 6.45) is 7.36. The maximum atomic E-state index is 4.32. The molecule has 0 radical (unpaired) electrons. The molecule has 1 aromatic rings. The van der Waals surface area contributed by atoms with Crippen molar-refractivity contribution in [3.8, 4) is 0 Å². The van der Waals surface area contributed by atoms with Crippen molar-refractivity contribution in [1.82, 2.24) is 14.9 Å². The van der Waals surface area contributed by atoms with E-state index in [1.807, 2.05) is 6.20 Å².